The van der Waals surface area contributed by atoms with Crippen molar-refractivity contribution in [2.75, 3.05) is 0 Å². The predicted octanol–water partition coefficient (Wildman–Crippen LogP) is 7.61. The highest BCUT2D eigenvalue weighted by molar-refractivity contribution is 6.32. The van der Waals surface area contributed by atoms with Gasteiger partial charge in [-0.3, -0.25) is 4.79 Å². The Morgan fingerprint density at radius 3 is 2.28 bits per heavy atom. The monoisotopic (exact) mass is 446 g/mol. The summed E-state index contributed by atoms with van der Waals surface area (Å²) in [7, 11) is 0. The second-order valence-electron chi connectivity index (χ2n) is 9.23. The van der Waals surface area contributed by atoms with E-state index < -0.39 is 0 Å². The molecule has 0 saturated carbocycles. The lowest BCUT2D eigenvalue weighted by atomic mass is 9.86. The highest BCUT2D eigenvalue weighted by Gasteiger charge is 2.20. The summed E-state index contributed by atoms with van der Waals surface area (Å²) >= 11 is 6.30. The Kier molecular flexibility index (Phi) is 5.87. The Hall–Kier alpha value is -3.04. The van der Waals surface area contributed by atoms with Crippen LogP contribution in [-0.4, -0.2) is 0 Å². The molecule has 0 amide bonds. The summed E-state index contributed by atoms with van der Waals surface area (Å²) in [5.74, 6) is 0.627. The second-order valence-corrected chi connectivity index (χ2v) is 9.64. The minimum absolute atomic E-state index is 0.0286. The van der Waals surface area contributed by atoms with Gasteiger partial charge in [-0.25, -0.2) is 0 Å². The summed E-state index contributed by atoms with van der Waals surface area (Å²) in [6, 6.07) is 19.5. The number of hydrogen-bond donors (Lipinski definition) is 0. The zero-order chi connectivity index (χ0) is 23.0. The molecule has 0 radical (unpaired) electrons. The molecule has 1 heterocycles. The second kappa shape index (κ2) is 8.48. The first-order valence-electron chi connectivity index (χ1n) is 10.7. The maximum absolute atomic E-state index is 13.5. The maximum atomic E-state index is 13.5. The third-order valence-corrected chi connectivity index (χ3v) is 6.18. The SMILES string of the molecule is Cc1cc2oc(-c3ccc(C(C)(C)C)cc3)c(OCc3ccccc3C)c(=O)c2cc1Cl. The molecule has 0 spiro atoms. The average Bonchev–Trinajstić information content (AvgIpc) is 2.75. The first kappa shape index (κ1) is 22.2. The third-order valence-electron chi connectivity index (χ3n) is 5.78. The number of aryl methyl sites for hydroxylation is 2. The van der Waals surface area contributed by atoms with Gasteiger partial charge in [-0.1, -0.05) is 80.9 Å². The van der Waals surface area contributed by atoms with Gasteiger partial charge in [-0.05, 0) is 53.6 Å². The van der Waals surface area contributed by atoms with E-state index in [1.165, 1.54) is 5.56 Å². The molecule has 0 N–H and O–H groups in total. The highest BCUT2D eigenvalue weighted by atomic mass is 35.5. The van der Waals surface area contributed by atoms with Gasteiger partial charge in [-0.2, -0.15) is 0 Å². The summed E-state index contributed by atoms with van der Waals surface area (Å²) in [6.07, 6.45) is 0. The summed E-state index contributed by atoms with van der Waals surface area (Å²) in [5, 5.41) is 0.937. The predicted molar refractivity (Wildman–Crippen MR) is 132 cm³/mol. The van der Waals surface area contributed by atoms with Crippen molar-refractivity contribution in [3.05, 3.63) is 98.2 Å². The van der Waals surface area contributed by atoms with Crippen molar-refractivity contribution in [2.45, 2.75) is 46.6 Å². The molecular formula is C28H27ClO3. The Labute approximate surface area is 193 Å². The fourth-order valence-corrected chi connectivity index (χ4v) is 3.83. The lowest BCUT2D eigenvalue weighted by Gasteiger charge is -2.19. The van der Waals surface area contributed by atoms with Gasteiger partial charge in [0.1, 0.15) is 12.2 Å². The van der Waals surface area contributed by atoms with Crippen LogP contribution in [0.3, 0.4) is 0 Å². The molecule has 4 rings (SSSR count). The summed E-state index contributed by atoms with van der Waals surface area (Å²) in [5.41, 5.74) is 5.27. The molecule has 0 saturated heterocycles. The summed E-state index contributed by atoms with van der Waals surface area (Å²) < 4.78 is 12.4. The van der Waals surface area contributed by atoms with Crippen molar-refractivity contribution in [3.63, 3.8) is 0 Å². The summed E-state index contributed by atoms with van der Waals surface area (Å²) in [6.45, 7) is 10.7. The van der Waals surface area contributed by atoms with Crippen LogP contribution in [0, 0.1) is 13.8 Å². The summed E-state index contributed by atoms with van der Waals surface area (Å²) in [4.78, 5) is 13.5. The molecule has 0 bridgehead atoms. The van der Waals surface area contributed by atoms with Gasteiger partial charge in [0, 0.05) is 10.6 Å². The van der Waals surface area contributed by atoms with E-state index in [4.69, 9.17) is 20.8 Å². The molecule has 1 aromatic heterocycles. The van der Waals surface area contributed by atoms with E-state index in [2.05, 4.69) is 32.9 Å². The fourth-order valence-electron chi connectivity index (χ4n) is 3.66. The molecule has 164 valence electrons. The van der Waals surface area contributed by atoms with Gasteiger partial charge in [0.15, 0.2) is 5.76 Å². The third kappa shape index (κ3) is 4.31. The quantitative estimate of drug-likeness (QED) is 0.324. The Morgan fingerprint density at radius 1 is 0.938 bits per heavy atom. The molecule has 32 heavy (non-hydrogen) atoms. The van der Waals surface area contributed by atoms with E-state index in [1.807, 2.05) is 50.2 Å². The Morgan fingerprint density at radius 2 is 1.62 bits per heavy atom. The van der Waals surface area contributed by atoms with E-state index in [1.54, 1.807) is 12.1 Å². The highest BCUT2D eigenvalue weighted by Crippen LogP contribution is 2.34. The van der Waals surface area contributed by atoms with Crippen molar-refractivity contribution < 1.29 is 9.15 Å². The maximum Gasteiger partial charge on any atom is 0.235 e. The van der Waals surface area contributed by atoms with E-state index >= 15 is 0 Å². The van der Waals surface area contributed by atoms with Crippen molar-refractivity contribution >= 4 is 22.6 Å². The van der Waals surface area contributed by atoms with Crippen LogP contribution < -0.4 is 10.2 Å². The van der Waals surface area contributed by atoms with Gasteiger partial charge < -0.3 is 9.15 Å². The minimum atomic E-state index is -0.225. The van der Waals surface area contributed by atoms with E-state index in [0.29, 0.717) is 21.8 Å². The van der Waals surface area contributed by atoms with E-state index in [9.17, 15) is 4.79 Å². The molecule has 3 aromatic carbocycles. The molecule has 0 fully saturated rings. The number of fused-ring (bicyclic) bond motifs is 1. The Balaban J connectivity index is 1.87. The average molecular weight is 447 g/mol. The van der Waals surface area contributed by atoms with Crippen LogP contribution in [0.4, 0.5) is 0 Å². The molecule has 0 aliphatic carbocycles. The van der Waals surface area contributed by atoms with Crippen molar-refractivity contribution in [1.82, 2.24) is 0 Å². The first-order valence-corrected chi connectivity index (χ1v) is 11.1. The standard InChI is InChI=1S/C28H27ClO3/c1-17-8-6-7-9-20(17)16-31-27-25(30)22-15-23(29)18(2)14-24(22)32-26(27)19-10-12-21(13-11-19)28(3,4)5/h6-15H,16H2,1-5H3. The van der Waals surface area contributed by atoms with Gasteiger partial charge in [-0.15, -0.1) is 0 Å². The molecular weight excluding hydrogens is 420 g/mol. The molecule has 0 aliphatic heterocycles. The first-order chi connectivity index (χ1) is 15.1. The van der Waals surface area contributed by atoms with E-state index in [-0.39, 0.29) is 23.2 Å². The van der Waals surface area contributed by atoms with Crippen molar-refractivity contribution in [2.24, 2.45) is 0 Å². The normalized spacial score (nSPS) is 11.7. The smallest absolute Gasteiger partial charge is 0.235 e. The molecule has 0 atom stereocenters. The zero-order valence-corrected chi connectivity index (χ0v) is 19.8. The molecule has 4 heteroatoms. The van der Waals surface area contributed by atoms with Gasteiger partial charge in [0.25, 0.3) is 0 Å². The number of halogens is 1. The minimum Gasteiger partial charge on any atom is -0.481 e. The Bertz CT molecular complexity index is 1340. The largest absolute Gasteiger partial charge is 0.481 e. The van der Waals surface area contributed by atoms with Gasteiger partial charge in [0.2, 0.25) is 11.2 Å². The zero-order valence-electron chi connectivity index (χ0n) is 19.1. The lowest BCUT2D eigenvalue weighted by molar-refractivity contribution is 0.297. The number of benzene rings is 3. The van der Waals surface area contributed by atoms with Crippen LogP contribution in [-0.2, 0) is 12.0 Å². The number of ether oxygens (including phenoxy) is 1. The molecule has 3 nitrogen and oxygen atoms in total. The van der Waals surface area contributed by atoms with Crippen LogP contribution in [0.25, 0.3) is 22.3 Å². The molecule has 0 aliphatic rings. The molecule has 0 unspecified atom stereocenters. The number of rotatable bonds is 4. The van der Waals surface area contributed by atoms with Gasteiger partial charge in [0.05, 0.1) is 5.39 Å². The van der Waals surface area contributed by atoms with Crippen LogP contribution >= 0.6 is 11.6 Å². The fraction of sp³-hybridized carbons (Fsp3) is 0.250. The topological polar surface area (TPSA) is 39.4 Å². The van der Waals surface area contributed by atoms with Crippen LogP contribution in [0.15, 0.2) is 69.9 Å². The van der Waals surface area contributed by atoms with Crippen LogP contribution in [0.2, 0.25) is 5.02 Å². The lowest BCUT2D eigenvalue weighted by Crippen LogP contribution is -2.12. The number of hydrogen-bond acceptors (Lipinski definition) is 3. The van der Waals surface area contributed by atoms with Crippen LogP contribution in [0.1, 0.15) is 43.0 Å². The van der Waals surface area contributed by atoms with Crippen molar-refractivity contribution in [1.29, 1.82) is 0 Å². The van der Waals surface area contributed by atoms with Crippen LogP contribution in [0.5, 0.6) is 5.75 Å². The van der Waals surface area contributed by atoms with E-state index in [0.717, 1.165) is 22.3 Å². The molecule has 4 aromatic rings. The van der Waals surface area contributed by atoms with Crippen molar-refractivity contribution in [3.8, 4) is 17.1 Å². The van der Waals surface area contributed by atoms with Gasteiger partial charge >= 0.3 is 0 Å².